The van der Waals surface area contributed by atoms with E-state index in [4.69, 9.17) is 14.5 Å². The molecular weight excluding hydrogens is 375 g/mol. The molecule has 0 fully saturated rings. The van der Waals surface area contributed by atoms with Crippen molar-refractivity contribution in [3.05, 3.63) is 58.7 Å². The molecule has 3 aromatic rings. The number of thiazole rings is 1. The fraction of sp³-hybridized carbons (Fsp3) is 0.318. The van der Waals surface area contributed by atoms with Crippen molar-refractivity contribution in [2.45, 2.75) is 39.3 Å². The zero-order valence-corrected chi connectivity index (χ0v) is 17.0. The maximum Gasteiger partial charge on any atom is 0.183 e. The van der Waals surface area contributed by atoms with Crippen molar-refractivity contribution >= 4 is 16.5 Å². The lowest BCUT2D eigenvalue weighted by Gasteiger charge is -2.18. The van der Waals surface area contributed by atoms with Crippen molar-refractivity contribution in [2.24, 2.45) is 0 Å². The summed E-state index contributed by atoms with van der Waals surface area (Å²) in [5, 5.41) is 6.17. The molecule has 28 heavy (non-hydrogen) atoms. The topological polar surface area (TPSA) is 43.4 Å². The first-order valence-corrected chi connectivity index (χ1v) is 10.2. The van der Waals surface area contributed by atoms with Gasteiger partial charge in [0.1, 0.15) is 11.4 Å². The van der Waals surface area contributed by atoms with Crippen LogP contribution in [0, 0.1) is 5.82 Å². The number of rotatable bonds is 6. The lowest BCUT2D eigenvalue weighted by atomic mass is 9.99. The molecule has 4 rings (SSSR count). The standard InChI is InChI=1S/C22H23FN2O2S/c1-4-26-19-10-15(9-16-11-22(2,3)27-20(16)19)18-13-28-21(25-18)24-12-14-5-7-17(23)8-6-14/h5-10,13H,4,11-12H2,1-3H3,(H,24,25). The molecular formula is C22H23FN2O2S. The Morgan fingerprint density at radius 1 is 1.25 bits per heavy atom. The second kappa shape index (κ2) is 7.43. The molecule has 1 aliphatic heterocycles. The quantitative estimate of drug-likeness (QED) is 0.581. The number of hydrogen-bond acceptors (Lipinski definition) is 5. The van der Waals surface area contributed by atoms with Gasteiger partial charge in [-0.05, 0) is 50.6 Å². The monoisotopic (exact) mass is 398 g/mol. The van der Waals surface area contributed by atoms with Gasteiger partial charge in [-0.2, -0.15) is 0 Å². The fourth-order valence-corrected chi connectivity index (χ4v) is 4.07. The zero-order chi connectivity index (χ0) is 19.7. The largest absolute Gasteiger partial charge is 0.490 e. The zero-order valence-electron chi connectivity index (χ0n) is 16.2. The summed E-state index contributed by atoms with van der Waals surface area (Å²) in [6.07, 6.45) is 0.843. The van der Waals surface area contributed by atoms with Gasteiger partial charge in [-0.1, -0.05) is 12.1 Å². The van der Waals surface area contributed by atoms with Crippen LogP contribution >= 0.6 is 11.3 Å². The minimum absolute atomic E-state index is 0.225. The van der Waals surface area contributed by atoms with Gasteiger partial charge in [-0.25, -0.2) is 9.37 Å². The maximum atomic E-state index is 13.0. The van der Waals surface area contributed by atoms with E-state index in [0.717, 1.165) is 45.4 Å². The second-order valence-corrected chi connectivity index (χ2v) is 8.31. The van der Waals surface area contributed by atoms with E-state index in [1.807, 2.05) is 18.4 Å². The van der Waals surface area contributed by atoms with E-state index >= 15 is 0 Å². The Balaban J connectivity index is 1.55. The van der Waals surface area contributed by atoms with Crippen molar-refractivity contribution in [3.63, 3.8) is 0 Å². The van der Waals surface area contributed by atoms with Crippen LogP contribution in [0.2, 0.25) is 0 Å². The van der Waals surface area contributed by atoms with Gasteiger partial charge in [0.2, 0.25) is 0 Å². The third-order valence-corrected chi connectivity index (χ3v) is 5.38. The molecule has 0 unspecified atom stereocenters. The summed E-state index contributed by atoms with van der Waals surface area (Å²) in [5.74, 6) is 1.39. The number of aromatic nitrogens is 1. The van der Waals surface area contributed by atoms with E-state index in [1.54, 1.807) is 23.5 Å². The van der Waals surface area contributed by atoms with Gasteiger partial charge in [0, 0.05) is 29.5 Å². The summed E-state index contributed by atoms with van der Waals surface area (Å²) in [5.41, 5.74) is 3.86. The van der Waals surface area contributed by atoms with Crippen LogP contribution in [0.4, 0.5) is 9.52 Å². The number of ether oxygens (including phenoxy) is 2. The van der Waals surface area contributed by atoms with Crippen LogP contribution in [0.15, 0.2) is 41.8 Å². The molecule has 0 saturated carbocycles. The highest BCUT2D eigenvalue weighted by molar-refractivity contribution is 7.14. The van der Waals surface area contributed by atoms with Gasteiger partial charge >= 0.3 is 0 Å². The number of fused-ring (bicyclic) bond motifs is 1. The van der Waals surface area contributed by atoms with Gasteiger partial charge in [0.25, 0.3) is 0 Å². The summed E-state index contributed by atoms with van der Waals surface area (Å²) >= 11 is 1.55. The smallest absolute Gasteiger partial charge is 0.183 e. The second-order valence-electron chi connectivity index (χ2n) is 7.45. The number of halogens is 1. The van der Waals surface area contributed by atoms with Crippen LogP contribution in [-0.2, 0) is 13.0 Å². The Morgan fingerprint density at radius 3 is 2.79 bits per heavy atom. The Bertz CT molecular complexity index is 983. The molecule has 2 aromatic carbocycles. The summed E-state index contributed by atoms with van der Waals surface area (Å²) in [7, 11) is 0. The Kier molecular flexibility index (Phi) is 4.98. The fourth-order valence-electron chi connectivity index (χ4n) is 3.36. The molecule has 0 radical (unpaired) electrons. The lowest BCUT2D eigenvalue weighted by Crippen LogP contribution is -2.24. The molecule has 4 nitrogen and oxygen atoms in total. The van der Waals surface area contributed by atoms with Crippen LogP contribution in [0.1, 0.15) is 31.9 Å². The maximum absolute atomic E-state index is 13.0. The van der Waals surface area contributed by atoms with Crippen LogP contribution in [0.3, 0.4) is 0 Å². The van der Waals surface area contributed by atoms with Crippen LogP contribution < -0.4 is 14.8 Å². The molecule has 146 valence electrons. The van der Waals surface area contributed by atoms with E-state index in [-0.39, 0.29) is 11.4 Å². The Labute approximate surface area is 168 Å². The van der Waals surface area contributed by atoms with Crippen molar-refractivity contribution in [3.8, 4) is 22.8 Å². The Hall–Kier alpha value is -2.60. The number of benzene rings is 2. The molecule has 1 aromatic heterocycles. The van der Waals surface area contributed by atoms with Crippen molar-refractivity contribution < 1.29 is 13.9 Å². The Morgan fingerprint density at radius 2 is 2.04 bits per heavy atom. The first-order chi connectivity index (χ1) is 13.4. The van der Waals surface area contributed by atoms with Crippen molar-refractivity contribution in [1.82, 2.24) is 4.98 Å². The highest BCUT2D eigenvalue weighted by Gasteiger charge is 2.33. The first kappa shape index (κ1) is 18.7. The SMILES string of the molecule is CCOc1cc(-c2csc(NCc3ccc(F)cc3)n2)cc2c1OC(C)(C)C2. The molecule has 2 heterocycles. The van der Waals surface area contributed by atoms with Gasteiger partial charge in [-0.3, -0.25) is 0 Å². The predicted molar refractivity (Wildman–Crippen MR) is 111 cm³/mol. The molecule has 0 aliphatic carbocycles. The molecule has 0 bridgehead atoms. The third kappa shape index (κ3) is 3.97. The normalized spacial score (nSPS) is 14.4. The highest BCUT2D eigenvalue weighted by atomic mass is 32.1. The van der Waals surface area contributed by atoms with Gasteiger partial charge in [0.05, 0.1) is 12.3 Å². The van der Waals surface area contributed by atoms with E-state index in [0.29, 0.717) is 13.2 Å². The van der Waals surface area contributed by atoms with Gasteiger partial charge in [-0.15, -0.1) is 11.3 Å². The highest BCUT2D eigenvalue weighted by Crippen LogP contribution is 2.44. The predicted octanol–water partition coefficient (Wildman–Crippen LogP) is 5.67. The molecule has 0 amide bonds. The van der Waals surface area contributed by atoms with E-state index < -0.39 is 0 Å². The molecule has 0 saturated heterocycles. The molecule has 1 aliphatic rings. The number of nitrogens with zero attached hydrogens (tertiary/aromatic N) is 1. The van der Waals surface area contributed by atoms with Crippen molar-refractivity contribution in [1.29, 1.82) is 0 Å². The van der Waals surface area contributed by atoms with E-state index in [9.17, 15) is 4.39 Å². The van der Waals surface area contributed by atoms with Crippen molar-refractivity contribution in [2.75, 3.05) is 11.9 Å². The number of nitrogens with one attached hydrogen (secondary N) is 1. The lowest BCUT2D eigenvalue weighted by molar-refractivity contribution is 0.132. The van der Waals surface area contributed by atoms with Crippen LogP contribution in [0.25, 0.3) is 11.3 Å². The third-order valence-electron chi connectivity index (χ3n) is 4.58. The van der Waals surface area contributed by atoms with Gasteiger partial charge < -0.3 is 14.8 Å². The first-order valence-electron chi connectivity index (χ1n) is 9.36. The minimum atomic E-state index is -0.228. The molecule has 1 N–H and O–H groups in total. The average Bonchev–Trinajstić information content (AvgIpc) is 3.24. The molecule has 0 spiro atoms. The van der Waals surface area contributed by atoms with Crippen LogP contribution in [0.5, 0.6) is 11.5 Å². The number of hydrogen-bond donors (Lipinski definition) is 1. The van der Waals surface area contributed by atoms with Gasteiger partial charge in [0.15, 0.2) is 16.6 Å². The van der Waals surface area contributed by atoms with Crippen LogP contribution in [-0.4, -0.2) is 17.2 Å². The van der Waals surface area contributed by atoms with E-state index in [2.05, 4.69) is 25.2 Å². The molecule has 6 heteroatoms. The minimum Gasteiger partial charge on any atom is -0.490 e. The van der Waals surface area contributed by atoms with E-state index in [1.165, 1.54) is 12.1 Å². The summed E-state index contributed by atoms with van der Waals surface area (Å²) in [6, 6.07) is 10.6. The summed E-state index contributed by atoms with van der Waals surface area (Å²) in [4.78, 5) is 4.71. The number of anilines is 1. The summed E-state index contributed by atoms with van der Waals surface area (Å²) in [6.45, 7) is 7.33. The average molecular weight is 399 g/mol. The summed E-state index contributed by atoms with van der Waals surface area (Å²) < 4.78 is 24.9. The molecule has 0 atom stereocenters.